The van der Waals surface area contributed by atoms with Crippen LogP contribution in [-0.4, -0.2) is 28.3 Å². The smallest absolute Gasteiger partial charge is 0.306 e. The number of aliphatic hydroxyl groups is 1. The van der Waals surface area contributed by atoms with E-state index in [1.54, 1.807) is 6.20 Å². The highest BCUT2D eigenvalue weighted by molar-refractivity contribution is 5.69. The van der Waals surface area contributed by atoms with E-state index < -0.39 is 5.60 Å². The molecule has 1 rings (SSSR count). The lowest BCUT2D eigenvalue weighted by Gasteiger charge is -2.20. The van der Waals surface area contributed by atoms with Crippen molar-refractivity contribution in [3.8, 4) is 0 Å². The third-order valence-corrected chi connectivity index (χ3v) is 3.66. The molecule has 0 radical (unpaired) electrons. The van der Waals surface area contributed by atoms with Crippen molar-refractivity contribution >= 4 is 12.0 Å². The number of carbonyl (C=O) groups excluding carboxylic acids is 1. The van der Waals surface area contributed by atoms with Crippen LogP contribution in [0.15, 0.2) is 30.6 Å². The van der Waals surface area contributed by atoms with Crippen LogP contribution in [0.25, 0.3) is 6.08 Å². The summed E-state index contributed by atoms with van der Waals surface area (Å²) in [6.07, 6.45) is 12.8. The van der Waals surface area contributed by atoms with Crippen LogP contribution >= 0.6 is 0 Å². The monoisotopic (exact) mass is 333 g/mol. The fourth-order valence-corrected chi connectivity index (χ4v) is 2.51. The lowest BCUT2D eigenvalue weighted by molar-refractivity contribution is -0.155. The normalized spacial score (nSPS) is 13.2. The summed E-state index contributed by atoms with van der Waals surface area (Å²) in [7, 11) is 0. The number of allylic oxidation sites excluding steroid dienone is 1. The fourth-order valence-electron chi connectivity index (χ4n) is 2.51. The number of aliphatic hydroxyl groups excluding tert-OH is 1. The van der Waals surface area contributed by atoms with E-state index in [2.05, 4.69) is 17.1 Å². The van der Waals surface area contributed by atoms with Crippen molar-refractivity contribution in [2.45, 2.75) is 64.9 Å². The van der Waals surface area contributed by atoms with Gasteiger partial charge in [-0.3, -0.25) is 9.78 Å². The van der Waals surface area contributed by atoms with Crippen molar-refractivity contribution in [1.29, 1.82) is 0 Å². The summed E-state index contributed by atoms with van der Waals surface area (Å²) in [5.41, 5.74) is 0.655. The minimum absolute atomic E-state index is 0.133. The van der Waals surface area contributed by atoms with Crippen LogP contribution in [-0.2, 0) is 9.53 Å². The second-order valence-electron chi connectivity index (χ2n) is 7.13. The Morgan fingerprint density at radius 2 is 2.12 bits per heavy atom. The Morgan fingerprint density at radius 1 is 1.33 bits per heavy atom. The maximum atomic E-state index is 11.9. The van der Waals surface area contributed by atoms with Crippen LogP contribution < -0.4 is 0 Å². The zero-order chi connectivity index (χ0) is 17.8. The van der Waals surface area contributed by atoms with E-state index in [1.165, 1.54) is 0 Å². The summed E-state index contributed by atoms with van der Waals surface area (Å²) < 4.78 is 5.38. The van der Waals surface area contributed by atoms with Crippen molar-refractivity contribution in [2.75, 3.05) is 6.61 Å². The van der Waals surface area contributed by atoms with Gasteiger partial charge in [0.1, 0.15) is 5.60 Å². The molecule has 0 bridgehead atoms. The van der Waals surface area contributed by atoms with Gasteiger partial charge in [0.2, 0.25) is 0 Å². The van der Waals surface area contributed by atoms with Gasteiger partial charge in [-0.15, -0.1) is 0 Å². The molecule has 4 nitrogen and oxygen atoms in total. The predicted molar refractivity (Wildman–Crippen MR) is 97.4 cm³/mol. The van der Waals surface area contributed by atoms with Gasteiger partial charge in [0.25, 0.3) is 0 Å². The average Bonchev–Trinajstić information content (AvgIpc) is 2.51. The van der Waals surface area contributed by atoms with E-state index in [-0.39, 0.29) is 12.6 Å². The molecule has 1 aromatic heterocycles. The summed E-state index contributed by atoms with van der Waals surface area (Å²) in [4.78, 5) is 16.0. The minimum Gasteiger partial charge on any atom is -0.460 e. The second kappa shape index (κ2) is 11.0. The maximum absolute atomic E-state index is 11.9. The molecule has 0 saturated heterocycles. The highest BCUT2D eigenvalue weighted by Crippen LogP contribution is 2.21. The van der Waals surface area contributed by atoms with Crippen LogP contribution in [0.4, 0.5) is 0 Å². The number of nitrogens with zero attached hydrogens (tertiary/aromatic N) is 1. The predicted octanol–water partition coefficient (Wildman–Crippen LogP) is 4.39. The van der Waals surface area contributed by atoms with Gasteiger partial charge in [-0.25, -0.2) is 0 Å². The molecular formula is C20H31NO3. The molecule has 0 saturated carbocycles. The number of esters is 1. The number of rotatable bonds is 10. The van der Waals surface area contributed by atoms with Crippen LogP contribution in [0.1, 0.15) is 64.9 Å². The Bertz CT molecular complexity index is 491. The van der Waals surface area contributed by atoms with Gasteiger partial charge in [0.05, 0.1) is 0 Å². The van der Waals surface area contributed by atoms with E-state index in [1.807, 2.05) is 39.1 Å². The van der Waals surface area contributed by atoms with E-state index in [0.717, 1.165) is 37.7 Å². The second-order valence-corrected chi connectivity index (χ2v) is 7.13. The van der Waals surface area contributed by atoms with Crippen molar-refractivity contribution in [1.82, 2.24) is 4.98 Å². The SMILES string of the molecule is CC(C)(C)OC(=O)CCC(CC=Cc1cccnc1)CCCCO. The van der Waals surface area contributed by atoms with Crippen molar-refractivity contribution < 1.29 is 14.6 Å². The van der Waals surface area contributed by atoms with Gasteiger partial charge in [-0.2, -0.15) is 0 Å². The largest absolute Gasteiger partial charge is 0.460 e. The zero-order valence-corrected chi connectivity index (χ0v) is 15.2. The van der Waals surface area contributed by atoms with Crippen LogP contribution in [0, 0.1) is 5.92 Å². The van der Waals surface area contributed by atoms with E-state index in [4.69, 9.17) is 9.84 Å². The highest BCUT2D eigenvalue weighted by atomic mass is 16.6. The standard InChI is InChI=1S/C20H31NO3/c1-20(2,3)24-19(23)13-12-17(8-4-5-15-22)9-6-10-18-11-7-14-21-16-18/h6-7,10-11,14,16-17,22H,4-5,8-9,12-13,15H2,1-3H3. The topological polar surface area (TPSA) is 59.4 Å². The number of aromatic nitrogens is 1. The molecule has 4 heteroatoms. The summed E-state index contributed by atoms with van der Waals surface area (Å²) >= 11 is 0. The molecule has 0 aliphatic carbocycles. The van der Waals surface area contributed by atoms with Crippen LogP contribution in [0.2, 0.25) is 0 Å². The number of hydrogen-bond donors (Lipinski definition) is 1. The number of unbranched alkanes of at least 4 members (excludes halogenated alkanes) is 1. The molecule has 0 aliphatic rings. The Hall–Kier alpha value is -1.68. The average molecular weight is 333 g/mol. The van der Waals surface area contributed by atoms with Gasteiger partial charge in [-0.05, 0) is 57.6 Å². The Balaban J connectivity index is 2.47. The van der Waals surface area contributed by atoms with E-state index in [9.17, 15) is 4.79 Å². The van der Waals surface area contributed by atoms with Crippen molar-refractivity contribution in [2.24, 2.45) is 5.92 Å². The molecule has 0 aromatic carbocycles. The first-order valence-corrected chi connectivity index (χ1v) is 8.80. The quantitative estimate of drug-likeness (QED) is 0.510. The number of hydrogen-bond acceptors (Lipinski definition) is 4. The maximum Gasteiger partial charge on any atom is 0.306 e. The van der Waals surface area contributed by atoms with Gasteiger partial charge in [0.15, 0.2) is 0 Å². The number of ether oxygens (including phenoxy) is 1. The molecule has 134 valence electrons. The lowest BCUT2D eigenvalue weighted by atomic mass is 9.93. The Kier molecular flexibility index (Phi) is 9.31. The van der Waals surface area contributed by atoms with Gasteiger partial charge < -0.3 is 9.84 Å². The van der Waals surface area contributed by atoms with Crippen molar-refractivity contribution in [3.63, 3.8) is 0 Å². The van der Waals surface area contributed by atoms with Gasteiger partial charge in [-0.1, -0.05) is 31.1 Å². The molecule has 1 N–H and O–H groups in total. The van der Waals surface area contributed by atoms with Crippen LogP contribution in [0.3, 0.4) is 0 Å². The molecule has 0 fully saturated rings. The Labute approximate surface area is 146 Å². The molecule has 24 heavy (non-hydrogen) atoms. The molecule has 1 unspecified atom stereocenters. The third kappa shape index (κ3) is 10.2. The molecule has 1 aromatic rings. The molecule has 0 aliphatic heterocycles. The lowest BCUT2D eigenvalue weighted by Crippen LogP contribution is -2.24. The number of carbonyl (C=O) groups is 1. The van der Waals surface area contributed by atoms with Crippen molar-refractivity contribution in [3.05, 3.63) is 36.2 Å². The first kappa shape index (κ1) is 20.4. The van der Waals surface area contributed by atoms with E-state index >= 15 is 0 Å². The van der Waals surface area contributed by atoms with Gasteiger partial charge >= 0.3 is 5.97 Å². The third-order valence-electron chi connectivity index (χ3n) is 3.66. The van der Waals surface area contributed by atoms with E-state index in [0.29, 0.717) is 12.3 Å². The molecule has 0 spiro atoms. The molecule has 1 heterocycles. The van der Waals surface area contributed by atoms with Crippen LogP contribution in [0.5, 0.6) is 0 Å². The first-order chi connectivity index (χ1) is 11.4. The molecular weight excluding hydrogens is 302 g/mol. The minimum atomic E-state index is -0.427. The summed E-state index contributed by atoms with van der Waals surface area (Å²) in [5, 5.41) is 8.95. The number of pyridine rings is 1. The first-order valence-electron chi connectivity index (χ1n) is 8.80. The molecule has 1 atom stereocenters. The molecule has 0 amide bonds. The summed E-state index contributed by atoms with van der Waals surface area (Å²) in [6, 6.07) is 3.94. The summed E-state index contributed by atoms with van der Waals surface area (Å²) in [6.45, 7) is 5.89. The highest BCUT2D eigenvalue weighted by Gasteiger charge is 2.17. The van der Waals surface area contributed by atoms with Gasteiger partial charge in [0, 0.05) is 25.4 Å². The Morgan fingerprint density at radius 3 is 2.75 bits per heavy atom. The summed E-state index contributed by atoms with van der Waals surface area (Å²) in [5.74, 6) is 0.294. The zero-order valence-electron chi connectivity index (χ0n) is 15.2. The fraction of sp³-hybridized carbons (Fsp3) is 0.600.